The first kappa shape index (κ1) is 34.6. The van der Waals surface area contributed by atoms with E-state index in [0.29, 0.717) is 27.1 Å². The molecular weight excluding hydrogens is 642 g/mol. The maximum Gasteiger partial charge on any atom is 0.272 e. The van der Waals surface area contributed by atoms with Crippen molar-refractivity contribution in [1.29, 1.82) is 0 Å². The Balaban J connectivity index is 0.00000155. The molecule has 1 amide bonds. The molecule has 1 fully saturated rings. The van der Waals surface area contributed by atoms with Gasteiger partial charge in [0, 0.05) is 35.2 Å². The normalized spacial score (nSPS) is 15.5. The van der Waals surface area contributed by atoms with Gasteiger partial charge in [-0.3, -0.25) is 9.36 Å². The lowest BCUT2D eigenvalue weighted by Gasteiger charge is -2.36. The van der Waals surface area contributed by atoms with E-state index in [1.165, 1.54) is 0 Å². The summed E-state index contributed by atoms with van der Waals surface area (Å²) >= 11 is 22.2. The summed E-state index contributed by atoms with van der Waals surface area (Å²) in [4.78, 5) is 18.0. The van der Waals surface area contributed by atoms with Crippen molar-refractivity contribution >= 4 is 60.6 Å². The van der Waals surface area contributed by atoms with Crippen LogP contribution in [0.4, 0.5) is 8.78 Å². The summed E-state index contributed by atoms with van der Waals surface area (Å²) in [6.07, 6.45) is -0.0191. The van der Waals surface area contributed by atoms with E-state index in [0.717, 1.165) is 11.4 Å². The van der Waals surface area contributed by atoms with Gasteiger partial charge in [-0.15, -0.1) is 23.2 Å². The van der Waals surface area contributed by atoms with Gasteiger partial charge in [-0.05, 0) is 80.4 Å². The molecule has 42 heavy (non-hydrogen) atoms. The topological polar surface area (TPSA) is 56.2 Å². The van der Waals surface area contributed by atoms with Crippen LogP contribution in [-0.4, -0.2) is 41.1 Å². The molecule has 2 aromatic carbocycles. The smallest absolute Gasteiger partial charge is 0.272 e. The zero-order valence-electron chi connectivity index (χ0n) is 24.6. The number of imidazole rings is 1. The van der Waals surface area contributed by atoms with Gasteiger partial charge < -0.3 is 9.74 Å². The molecule has 0 unspecified atom stereocenters. The number of rotatable bonds is 6. The van der Waals surface area contributed by atoms with Crippen molar-refractivity contribution < 1.29 is 18.0 Å². The SMILES string of the molecule is Cc1c(C(=O)NC2CCC(F)(F)CC2)nc(-c2ccc(Cl)cc2Cl)n1-c1ccc(O[Si](C)(C)C(C)(C)C)cc1.ClCCl. The van der Waals surface area contributed by atoms with E-state index < -0.39 is 20.1 Å². The van der Waals surface area contributed by atoms with Gasteiger partial charge in [0.1, 0.15) is 17.3 Å². The Kier molecular flexibility index (Phi) is 11.4. The van der Waals surface area contributed by atoms with E-state index in [9.17, 15) is 13.6 Å². The Morgan fingerprint density at radius 1 is 1.10 bits per heavy atom. The van der Waals surface area contributed by atoms with E-state index in [4.69, 9.17) is 55.8 Å². The number of nitrogens with one attached hydrogen (secondary N) is 1. The van der Waals surface area contributed by atoms with Gasteiger partial charge in [-0.2, -0.15) is 0 Å². The van der Waals surface area contributed by atoms with Crippen molar-refractivity contribution in [1.82, 2.24) is 14.9 Å². The zero-order valence-corrected chi connectivity index (χ0v) is 28.7. The average Bonchev–Trinajstić information content (AvgIpc) is 3.22. The molecule has 0 bridgehead atoms. The summed E-state index contributed by atoms with van der Waals surface area (Å²) in [5.41, 5.74) is 2.21. The molecule has 1 N–H and O–H groups in total. The lowest BCUT2D eigenvalue weighted by molar-refractivity contribution is -0.0399. The van der Waals surface area contributed by atoms with Crippen LogP contribution in [0.15, 0.2) is 42.5 Å². The Labute approximate surface area is 268 Å². The predicted molar refractivity (Wildman–Crippen MR) is 173 cm³/mol. The van der Waals surface area contributed by atoms with Crippen LogP contribution in [0.25, 0.3) is 17.1 Å². The molecule has 5 nitrogen and oxygen atoms in total. The number of carbonyl (C=O) groups is 1. The molecule has 1 saturated carbocycles. The van der Waals surface area contributed by atoms with Gasteiger partial charge in [0.25, 0.3) is 5.91 Å². The monoisotopic (exact) mass is 677 g/mol. The highest BCUT2D eigenvalue weighted by Gasteiger charge is 2.39. The van der Waals surface area contributed by atoms with Gasteiger partial charge >= 0.3 is 0 Å². The van der Waals surface area contributed by atoms with Crippen molar-refractivity contribution in [3.63, 3.8) is 0 Å². The summed E-state index contributed by atoms with van der Waals surface area (Å²) in [5, 5.41) is 4.04. The Hall–Kier alpha value is -1.84. The Bertz CT molecular complexity index is 1380. The molecule has 230 valence electrons. The molecular formula is C30H37Cl4F2N3O2Si. The van der Waals surface area contributed by atoms with Crippen LogP contribution in [0.3, 0.4) is 0 Å². The minimum Gasteiger partial charge on any atom is -0.544 e. The standard InChI is InChI=1S/C29H35Cl2F2N3O2Si.CH2Cl2/c1-18-25(27(37)34-20-13-15-29(32,33)16-14-20)35-26(23-12-7-19(30)17-24(23)31)36(18)21-8-10-22(11-9-21)38-39(5,6)28(2,3)4;2-1-3/h7-12,17,20H,13-16H2,1-6H3,(H,34,37);1H2. The van der Waals surface area contributed by atoms with Crippen LogP contribution < -0.4 is 9.74 Å². The van der Waals surface area contributed by atoms with Crippen molar-refractivity contribution in [2.24, 2.45) is 0 Å². The third-order valence-electron chi connectivity index (χ3n) is 7.82. The first-order valence-electron chi connectivity index (χ1n) is 13.6. The van der Waals surface area contributed by atoms with Crippen molar-refractivity contribution in [3.05, 3.63) is 63.9 Å². The number of benzene rings is 2. The summed E-state index contributed by atoms with van der Waals surface area (Å²) in [6.45, 7) is 12.8. The summed E-state index contributed by atoms with van der Waals surface area (Å²) in [5.74, 6) is -1.81. The van der Waals surface area contributed by atoms with Crippen molar-refractivity contribution in [3.8, 4) is 22.8 Å². The first-order valence-corrected chi connectivity index (χ1v) is 18.4. The maximum atomic E-state index is 13.6. The summed E-state index contributed by atoms with van der Waals surface area (Å²) in [7, 11) is -2.02. The minimum atomic E-state index is -2.67. The van der Waals surface area contributed by atoms with E-state index in [2.05, 4.69) is 39.2 Å². The lowest BCUT2D eigenvalue weighted by Crippen LogP contribution is -2.43. The predicted octanol–water partition coefficient (Wildman–Crippen LogP) is 10.3. The van der Waals surface area contributed by atoms with Gasteiger partial charge in [0.05, 0.1) is 16.1 Å². The first-order chi connectivity index (χ1) is 19.5. The van der Waals surface area contributed by atoms with E-state index in [1.54, 1.807) is 18.2 Å². The van der Waals surface area contributed by atoms with Gasteiger partial charge in [0.2, 0.25) is 14.2 Å². The molecule has 12 heteroatoms. The molecule has 0 radical (unpaired) electrons. The maximum absolute atomic E-state index is 13.6. The molecule has 1 aliphatic rings. The fourth-order valence-electron chi connectivity index (χ4n) is 4.43. The Morgan fingerprint density at radius 2 is 1.67 bits per heavy atom. The molecule has 1 aromatic heterocycles. The third-order valence-corrected chi connectivity index (χ3v) is 12.7. The van der Waals surface area contributed by atoms with E-state index in [1.807, 2.05) is 35.8 Å². The number of aromatic nitrogens is 2. The summed E-state index contributed by atoms with van der Waals surface area (Å²) in [6, 6.07) is 12.5. The average molecular weight is 680 g/mol. The third kappa shape index (κ3) is 8.41. The highest BCUT2D eigenvalue weighted by Crippen LogP contribution is 2.38. The molecule has 1 aliphatic carbocycles. The van der Waals surface area contributed by atoms with Crippen LogP contribution in [0.2, 0.25) is 28.2 Å². The van der Waals surface area contributed by atoms with E-state index >= 15 is 0 Å². The van der Waals surface area contributed by atoms with Gasteiger partial charge in [-0.1, -0.05) is 44.0 Å². The Morgan fingerprint density at radius 3 is 2.19 bits per heavy atom. The quantitative estimate of drug-likeness (QED) is 0.208. The second-order valence-electron chi connectivity index (χ2n) is 11.9. The van der Waals surface area contributed by atoms with Gasteiger partial charge in [-0.25, -0.2) is 13.8 Å². The largest absolute Gasteiger partial charge is 0.544 e. The number of hydrogen-bond donors (Lipinski definition) is 1. The number of alkyl halides is 4. The molecule has 1 heterocycles. The highest BCUT2D eigenvalue weighted by atomic mass is 35.5. The molecule has 0 spiro atoms. The molecule has 0 saturated heterocycles. The van der Waals surface area contributed by atoms with Crippen LogP contribution in [0.1, 0.15) is 62.6 Å². The van der Waals surface area contributed by atoms with Crippen LogP contribution in [-0.2, 0) is 0 Å². The molecule has 3 aromatic rings. The van der Waals surface area contributed by atoms with Crippen molar-refractivity contribution in [2.45, 2.75) is 83.5 Å². The number of hydrogen-bond acceptors (Lipinski definition) is 3. The van der Waals surface area contributed by atoms with Gasteiger partial charge in [0.15, 0.2) is 0 Å². The lowest BCUT2D eigenvalue weighted by atomic mass is 9.92. The number of nitrogens with zero attached hydrogens (tertiary/aromatic N) is 2. The second kappa shape index (κ2) is 13.9. The fraction of sp³-hybridized carbons (Fsp3) is 0.467. The fourth-order valence-corrected chi connectivity index (χ4v) is 5.96. The number of halogens is 6. The van der Waals surface area contributed by atoms with Crippen LogP contribution in [0.5, 0.6) is 5.75 Å². The number of carbonyl (C=O) groups excluding carboxylic acids is 1. The zero-order chi connectivity index (χ0) is 31.5. The molecule has 0 atom stereocenters. The van der Waals surface area contributed by atoms with E-state index in [-0.39, 0.29) is 47.8 Å². The van der Waals surface area contributed by atoms with Crippen LogP contribution >= 0.6 is 46.4 Å². The summed E-state index contributed by atoms with van der Waals surface area (Å²) < 4.78 is 35.5. The molecule has 0 aliphatic heterocycles. The highest BCUT2D eigenvalue weighted by molar-refractivity contribution is 6.74. The minimum absolute atomic E-state index is 0.0571. The number of amides is 1. The van der Waals surface area contributed by atoms with Crippen LogP contribution in [0, 0.1) is 6.92 Å². The van der Waals surface area contributed by atoms with Crippen molar-refractivity contribution in [2.75, 3.05) is 5.34 Å². The second-order valence-corrected chi connectivity index (χ2v) is 18.3. The molecule has 4 rings (SSSR count).